The van der Waals surface area contributed by atoms with Gasteiger partial charge in [-0.3, -0.25) is 13.9 Å². The molecule has 8 nitrogen and oxygen atoms in total. The molecule has 0 unspecified atom stereocenters. The molecule has 0 N–H and O–H groups in total. The van der Waals surface area contributed by atoms with Crippen LogP contribution in [0, 0.1) is 11.3 Å². The van der Waals surface area contributed by atoms with Gasteiger partial charge in [0.2, 0.25) is 0 Å². The van der Waals surface area contributed by atoms with Gasteiger partial charge in [-0.05, 0) is 24.1 Å². The summed E-state index contributed by atoms with van der Waals surface area (Å²) in [7, 11) is 3.07. The molecule has 1 aromatic carbocycles. The first-order valence-corrected chi connectivity index (χ1v) is 9.19. The molecule has 0 amide bonds. The first-order valence-electron chi connectivity index (χ1n) is 9.19. The zero-order valence-corrected chi connectivity index (χ0v) is 16.3. The van der Waals surface area contributed by atoms with Crippen LogP contribution in [-0.4, -0.2) is 31.9 Å². The van der Waals surface area contributed by atoms with Crippen molar-refractivity contribution in [2.45, 2.75) is 26.3 Å². The average molecular weight is 381 g/mol. The SMILES string of the molecule is CCCOCCc1nc2c(c(=O)n(C)c(=O)n2C)n1Cc1cccc(C#N)c1. The van der Waals surface area contributed by atoms with Gasteiger partial charge in [-0.1, -0.05) is 19.1 Å². The van der Waals surface area contributed by atoms with Gasteiger partial charge in [-0.25, -0.2) is 9.78 Å². The number of hydrogen-bond donors (Lipinski definition) is 0. The van der Waals surface area contributed by atoms with Gasteiger partial charge < -0.3 is 9.30 Å². The molecule has 0 saturated carbocycles. The minimum Gasteiger partial charge on any atom is -0.381 e. The zero-order chi connectivity index (χ0) is 20.3. The second-order valence-corrected chi connectivity index (χ2v) is 6.67. The van der Waals surface area contributed by atoms with E-state index in [9.17, 15) is 9.59 Å². The standard InChI is InChI=1S/C20H23N5O3/c1-4-9-28-10-8-16-22-18-17(19(26)24(3)20(27)23(18)2)25(16)13-15-7-5-6-14(11-15)12-21/h5-7,11H,4,8-10,13H2,1-3H3. The molecule has 0 saturated heterocycles. The van der Waals surface area contributed by atoms with Crippen molar-refractivity contribution in [3.8, 4) is 6.07 Å². The van der Waals surface area contributed by atoms with E-state index in [0.29, 0.717) is 48.7 Å². The molecule has 0 spiro atoms. The van der Waals surface area contributed by atoms with E-state index in [0.717, 1.165) is 16.6 Å². The molecule has 8 heteroatoms. The topological polar surface area (TPSA) is 94.8 Å². The number of rotatable bonds is 7. The Hall–Kier alpha value is -3.18. The summed E-state index contributed by atoms with van der Waals surface area (Å²) in [6, 6.07) is 9.36. The number of nitriles is 1. The highest BCUT2D eigenvalue weighted by atomic mass is 16.5. The molecule has 28 heavy (non-hydrogen) atoms. The molecule has 0 aliphatic rings. The van der Waals surface area contributed by atoms with E-state index in [4.69, 9.17) is 10.00 Å². The van der Waals surface area contributed by atoms with Crippen LogP contribution in [0.5, 0.6) is 0 Å². The molecule has 0 atom stereocenters. The second kappa shape index (κ2) is 8.23. The van der Waals surface area contributed by atoms with Crippen LogP contribution in [0.25, 0.3) is 11.2 Å². The molecular weight excluding hydrogens is 358 g/mol. The molecule has 0 aliphatic heterocycles. The third-order valence-corrected chi connectivity index (χ3v) is 4.64. The summed E-state index contributed by atoms with van der Waals surface area (Å²) in [5.74, 6) is 0.673. The smallest absolute Gasteiger partial charge is 0.332 e. The normalized spacial score (nSPS) is 11.1. The van der Waals surface area contributed by atoms with Gasteiger partial charge >= 0.3 is 5.69 Å². The lowest BCUT2D eigenvalue weighted by Crippen LogP contribution is -2.37. The number of fused-ring (bicyclic) bond motifs is 1. The maximum Gasteiger partial charge on any atom is 0.332 e. The Morgan fingerprint density at radius 1 is 1.18 bits per heavy atom. The number of aromatic nitrogens is 4. The third-order valence-electron chi connectivity index (χ3n) is 4.64. The fraction of sp³-hybridized carbons (Fsp3) is 0.400. The molecule has 0 aliphatic carbocycles. The quantitative estimate of drug-likeness (QED) is 0.575. The van der Waals surface area contributed by atoms with Crippen molar-refractivity contribution >= 4 is 11.2 Å². The Labute approximate surface area is 162 Å². The summed E-state index contributed by atoms with van der Waals surface area (Å²) < 4.78 is 9.88. The fourth-order valence-electron chi connectivity index (χ4n) is 3.18. The molecule has 2 aromatic heterocycles. The number of hydrogen-bond acceptors (Lipinski definition) is 5. The van der Waals surface area contributed by atoms with Crippen molar-refractivity contribution in [2.24, 2.45) is 14.1 Å². The Bertz CT molecular complexity index is 1160. The third kappa shape index (κ3) is 3.62. The van der Waals surface area contributed by atoms with Crippen LogP contribution in [0.15, 0.2) is 33.9 Å². The first kappa shape index (κ1) is 19.6. The van der Waals surface area contributed by atoms with Gasteiger partial charge in [-0.2, -0.15) is 5.26 Å². The van der Waals surface area contributed by atoms with Crippen LogP contribution in [0.3, 0.4) is 0 Å². The monoisotopic (exact) mass is 381 g/mol. The second-order valence-electron chi connectivity index (χ2n) is 6.67. The highest BCUT2D eigenvalue weighted by molar-refractivity contribution is 5.71. The van der Waals surface area contributed by atoms with Gasteiger partial charge in [0, 0.05) is 33.7 Å². The van der Waals surface area contributed by atoms with Crippen molar-refractivity contribution in [2.75, 3.05) is 13.2 Å². The van der Waals surface area contributed by atoms with Gasteiger partial charge in [0.25, 0.3) is 5.56 Å². The summed E-state index contributed by atoms with van der Waals surface area (Å²) >= 11 is 0. The van der Waals surface area contributed by atoms with Crippen molar-refractivity contribution in [1.82, 2.24) is 18.7 Å². The lowest BCUT2D eigenvalue weighted by molar-refractivity contribution is 0.136. The molecule has 2 heterocycles. The number of imidazole rings is 1. The summed E-state index contributed by atoms with van der Waals surface area (Å²) in [5.41, 5.74) is 1.36. The predicted molar refractivity (Wildman–Crippen MR) is 105 cm³/mol. The maximum absolute atomic E-state index is 12.8. The number of aryl methyl sites for hydroxylation is 1. The number of benzene rings is 1. The molecule has 0 radical (unpaired) electrons. The van der Waals surface area contributed by atoms with Crippen LogP contribution in [-0.2, 0) is 31.8 Å². The number of ether oxygens (including phenoxy) is 1. The van der Waals surface area contributed by atoms with E-state index in [1.165, 1.54) is 11.6 Å². The number of nitrogens with zero attached hydrogens (tertiary/aromatic N) is 5. The summed E-state index contributed by atoms with van der Waals surface area (Å²) in [5, 5.41) is 9.15. The highest BCUT2D eigenvalue weighted by Gasteiger charge is 2.19. The molecule has 3 aromatic rings. The molecular formula is C20H23N5O3. The van der Waals surface area contributed by atoms with Crippen molar-refractivity contribution in [3.63, 3.8) is 0 Å². The first-order chi connectivity index (χ1) is 13.5. The Morgan fingerprint density at radius 2 is 1.96 bits per heavy atom. The Kier molecular flexibility index (Phi) is 5.76. The lowest BCUT2D eigenvalue weighted by Gasteiger charge is -2.10. The molecule has 0 fully saturated rings. The summed E-state index contributed by atoms with van der Waals surface area (Å²) in [6.07, 6.45) is 1.44. The van der Waals surface area contributed by atoms with Crippen LogP contribution in [0.4, 0.5) is 0 Å². The van der Waals surface area contributed by atoms with E-state index < -0.39 is 5.69 Å². The van der Waals surface area contributed by atoms with Gasteiger partial charge in [0.15, 0.2) is 11.2 Å². The highest BCUT2D eigenvalue weighted by Crippen LogP contribution is 2.15. The van der Waals surface area contributed by atoms with Crippen molar-refractivity contribution in [1.29, 1.82) is 5.26 Å². The predicted octanol–water partition coefficient (Wildman–Crippen LogP) is 1.32. The minimum absolute atomic E-state index is 0.357. The fourth-order valence-corrected chi connectivity index (χ4v) is 3.18. The van der Waals surface area contributed by atoms with Crippen molar-refractivity contribution in [3.05, 3.63) is 62.1 Å². The minimum atomic E-state index is -0.414. The van der Waals surface area contributed by atoms with Gasteiger partial charge in [0.1, 0.15) is 5.82 Å². The largest absolute Gasteiger partial charge is 0.381 e. The Morgan fingerprint density at radius 3 is 2.68 bits per heavy atom. The molecule has 146 valence electrons. The van der Waals surface area contributed by atoms with E-state index in [1.807, 2.05) is 23.6 Å². The van der Waals surface area contributed by atoms with Crippen LogP contribution in [0.2, 0.25) is 0 Å². The molecule has 0 bridgehead atoms. The summed E-state index contributed by atoms with van der Waals surface area (Å²) in [4.78, 5) is 29.7. The molecule has 3 rings (SSSR count). The lowest BCUT2D eigenvalue weighted by atomic mass is 10.1. The summed E-state index contributed by atoms with van der Waals surface area (Å²) in [6.45, 7) is 3.55. The van der Waals surface area contributed by atoms with E-state index in [1.54, 1.807) is 19.2 Å². The van der Waals surface area contributed by atoms with Gasteiger partial charge in [-0.15, -0.1) is 0 Å². The average Bonchev–Trinajstić information content (AvgIpc) is 3.06. The van der Waals surface area contributed by atoms with Crippen molar-refractivity contribution < 1.29 is 4.74 Å². The van der Waals surface area contributed by atoms with Crippen LogP contribution in [0.1, 0.15) is 30.3 Å². The Balaban J connectivity index is 2.14. The van der Waals surface area contributed by atoms with E-state index in [2.05, 4.69) is 11.1 Å². The van der Waals surface area contributed by atoms with Crippen LogP contribution < -0.4 is 11.2 Å². The maximum atomic E-state index is 12.8. The zero-order valence-electron chi connectivity index (χ0n) is 16.3. The van der Waals surface area contributed by atoms with E-state index >= 15 is 0 Å². The van der Waals surface area contributed by atoms with Crippen LogP contribution >= 0.6 is 0 Å². The van der Waals surface area contributed by atoms with Gasteiger partial charge in [0.05, 0.1) is 18.2 Å². The van der Waals surface area contributed by atoms with E-state index in [-0.39, 0.29) is 5.56 Å².